The van der Waals surface area contributed by atoms with Gasteiger partial charge in [-0.15, -0.1) is 0 Å². The first-order chi connectivity index (χ1) is 12.0. The number of nitrogens with zero attached hydrogens (tertiary/aromatic N) is 1. The summed E-state index contributed by atoms with van der Waals surface area (Å²) in [5.41, 5.74) is 0.956. The van der Waals surface area contributed by atoms with Gasteiger partial charge in [0.25, 0.3) is 5.56 Å². The Balaban J connectivity index is 2.30. The van der Waals surface area contributed by atoms with Crippen LogP contribution in [-0.4, -0.2) is 20.7 Å². The SMILES string of the molecule is Cc1c(C(=O)O)c(O)c(Cc2ccccc2)c(=O)n1-c1ccccc1. The van der Waals surface area contributed by atoms with Crippen LogP contribution in [0.2, 0.25) is 0 Å². The van der Waals surface area contributed by atoms with Crippen molar-refractivity contribution in [2.24, 2.45) is 0 Å². The van der Waals surface area contributed by atoms with Crippen LogP contribution in [0, 0.1) is 6.92 Å². The summed E-state index contributed by atoms with van der Waals surface area (Å²) < 4.78 is 1.33. The minimum Gasteiger partial charge on any atom is -0.506 e. The molecule has 3 rings (SSSR count). The van der Waals surface area contributed by atoms with E-state index in [0.717, 1.165) is 5.56 Å². The number of carboxylic acids is 1. The van der Waals surface area contributed by atoms with E-state index in [2.05, 4.69) is 0 Å². The molecule has 126 valence electrons. The summed E-state index contributed by atoms with van der Waals surface area (Å²) in [6.45, 7) is 1.52. The molecule has 0 radical (unpaired) electrons. The normalized spacial score (nSPS) is 10.6. The molecule has 1 heterocycles. The van der Waals surface area contributed by atoms with Crippen LogP contribution in [0.25, 0.3) is 5.69 Å². The molecule has 3 aromatic rings. The van der Waals surface area contributed by atoms with Gasteiger partial charge >= 0.3 is 5.97 Å². The third-order valence-corrected chi connectivity index (χ3v) is 4.13. The number of carboxylic acid groups (broad SMARTS) is 1. The molecule has 0 saturated carbocycles. The molecule has 0 spiro atoms. The number of aromatic carboxylic acids is 1. The lowest BCUT2D eigenvalue weighted by atomic mass is 10.0. The van der Waals surface area contributed by atoms with Gasteiger partial charge < -0.3 is 10.2 Å². The second-order valence-electron chi connectivity index (χ2n) is 5.73. The number of rotatable bonds is 4. The number of hydrogen-bond acceptors (Lipinski definition) is 3. The van der Waals surface area contributed by atoms with Gasteiger partial charge in [0.1, 0.15) is 11.3 Å². The van der Waals surface area contributed by atoms with Gasteiger partial charge in [-0.05, 0) is 24.6 Å². The Bertz CT molecular complexity index is 976. The lowest BCUT2D eigenvalue weighted by Crippen LogP contribution is -2.27. The standard InChI is InChI=1S/C20H17NO4/c1-13-17(20(24)25)18(22)16(12-14-8-4-2-5-9-14)19(23)21(13)15-10-6-3-7-11-15/h2-11,22H,12H2,1H3,(H,24,25). The molecule has 0 atom stereocenters. The summed E-state index contributed by atoms with van der Waals surface area (Å²) >= 11 is 0. The highest BCUT2D eigenvalue weighted by molar-refractivity contribution is 5.92. The molecule has 0 aliphatic carbocycles. The lowest BCUT2D eigenvalue weighted by molar-refractivity contribution is 0.0691. The Labute approximate surface area is 144 Å². The summed E-state index contributed by atoms with van der Waals surface area (Å²) in [6, 6.07) is 18.0. The van der Waals surface area contributed by atoms with Crippen LogP contribution in [-0.2, 0) is 6.42 Å². The van der Waals surface area contributed by atoms with Crippen molar-refractivity contribution >= 4 is 5.97 Å². The minimum atomic E-state index is -1.27. The quantitative estimate of drug-likeness (QED) is 0.768. The highest BCUT2D eigenvalue weighted by Crippen LogP contribution is 2.26. The molecule has 0 fully saturated rings. The second kappa shape index (κ2) is 6.65. The first kappa shape index (κ1) is 16.5. The molecule has 0 unspecified atom stereocenters. The third kappa shape index (κ3) is 3.04. The molecule has 1 aromatic heterocycles. The van der Waals surface area contributed by atoms with Crippen molar-refractivity contribution in [1.29, 1.82) is 0 Å². The van der Waals surface area contributed by atoms with E-state index >= 15 is 0 Å². The molecule has 5 nitrogen and oxygen atoms in total. The molecule has 2 aromatic carbocycles. The lowest BCUT2D eigenvalue weighted by Gasteiger charge is -2.17. The number of benzene rings is 2. The molecule has 0 saturated heterocycles. The molecular formula is C20H17NO4. The summed E-state index contributed by atoms with van der Waals surface area (Å²) in [5, 5.41) is 20.0. The largest absolute Gasteiger partial charge is 0.506 e. The molecule has 0 amide bonds. The zero-order chi connectivity index (χ0) is 18.0. The van der Waals surface area contributed by atoms with E-state index in [1.807, 2.05) is 36.4 Å². The monoisotopic (exact) mass is 335 g/mol. The number of para-hydroxylation sites is 1. The van der Waals surface area contributed by atoms with Gasteiger partial charge in [0, 0.05) is 17.8 Å². The van der Waals surface area contributed by atoms with Crippen LogP contribution in [0.3, 0.4) is 0 Å². The number of hydrogen-bond donors (Lipinski definition) is 2. The summed E-state index contributed by atoms with van der Waals surface area (Å²) in [7, 11) is 0. The molecule has 0 aliphatic rings. The Kier molecular flexibility index (Phi) is 4.39. The fourth-order valence-electron chi connectivity index (χ4n) is 2.93. The van der Waals surface area contributed by atoms with E-state index in [1.165, 1.54) is 11.5 Å². The van der Waals surface area contributed by atoms with Gasteiger partial charge in [0.05, 0.1) is 5.56 Å². The first-order valence-electron chi connectivity index (χ1n) is 7.80. The van der Waals surface area contributed by atoms with Crippen LogP contribution in [0.15, 0.2) is 65.5 Å². The molecule has 0 aliphatic heterocycles. The summed E-state index contributed by atoms with van der Waals surface area (Å²) in [4.78, 5) is 24.7. The van der Waals surface area contributed by atoms with Gasteiger partial charge in [0.2, 0.25) is 0 Å². The molecule has 0 bridgehead atoms. The molecular weight excluding hydrogens is 318 g/mol. The molecule has 2 N–H and O–H groups in total. The van der Waals surface area contributed by atoms with Crippen molar-refractivity contribution in [3.63, 3.8) is 0 Å². The van der Waals surface area contributed by atoms with Crippen molar-refractivity contribution in [3.8, 4) is 11.4 Å². The van der Waals surface area contributed by atoms with Crippen LogP contribution in [0.5, 0.6) is 5.75 Å². The van der Waals surface area contributed by atoms with Crippen molar-refractivity contribution in [2.75, 3.05) is 0 Å². The zero-order valence-corrected chi connectivity index (χ0v) is 13.6. The first-order valence-corrected chi connectivity index (χ1v) is 7.80. The van der Waals surface area contributed by atoms with Gasteiger partial charge in [-0.1, -0.05) is 48.5 Å². The van der Waals surface area contributed by atoms with Crippen LogP contribution in [0.1, 0.15) is 27.2 Å². The summed E-state index contributed by atoms with van der Waals surface area (Å²) in [5.74, 6) is -1.74. The average molecular weight is 335 g/mol. The second-order valence-corrected chi connectivity index (χ2v) is 5.73. The maximum Gasteiger partial charge on any atom is 0.341 e. The van der Waals surface area contributed by atoms with E-state index in [0.29, 0.717) is 5.69 Å². The predicted octanol–water partition coefficient (Wildman–Crippen LogP) is 3.14. The van der Waals surface area contributed by atoms with E-state index in [1.54, 1.807) is 24.3 Å². The van der Waals surface area contributed by atoms with Crippen molar-refractivity contribution < 1.29 is 15.0 Å². The molecule has 25 heavy (non-hydrogen) atoms. The Hall–Kier alpha value is -3.34. The van der Waals surface area contributed by atoms with Gasteiger partial charge in [0.15, 0.2) is 0 Å². The van der Waals surface area contributed by atoms with Gasteiger partial charge in [-0.2, -0.15) is 0 Å². The predicted molar refractivity (Wildman–Crippen MR) is 94.6 cm³/mol. The number of pyridine rings is 1. The molecule has 5 heteroatoms. The Morgan fingerprint density at radius 3 is 2.12 bits per heavy atom. The maximum atomic E-state index is 13.0. The number of aromatic hydroxyl groups is 1. The minimum absolute atomic E-state index is 0.0676. The summed E-state index contributed by atoms with van der Waals surface area (Å²) in [6.07, 6.45) is 0.152. The van der Waals surface area contributed by atoms with E-state index in [4.69, 9.17) is 0 Å². The van der Waals surface area contributed by atoms with Gasteiger partial charge in [-0.25, -0.2) is 4.79 Å². The highest BCUT2D eigenvalue weighted by atomic mass is 16.4. The third-order valence-electron chi connectivity index (χ3n) is 4.13. The van der Waals surface area contributed by atoms with Crippen LogP contribution >= 0.6 is 0 Å². The maximum absolute atomic E-state index is 13.0. The highest BCUT2D eigenvalue weighted by Gasteiger charge is 2.24. The average Bonchev–Trinajstić information content (AvgIpc) is 2.60. The van der Waals surface area contributed by atoms with Gasteiger partial charge in [-0.3, -0.25) is 9.36 Å². The topological polar surface area (TPSA) is 79.5 Å². The smallest absolute Gasteiger partial charge is 0.341 e. The van der Waals surface area contributed by atoms with Crippen molar-refractivity contribution in [3.05, 3.63) is 93.4 Å². The Morgan fingerprint density at radius 1 is 1.00 bits per heavy atom. The number of aromatic nitrogens is 1. The Morgan fingerprint density at radius 2 is 1.56 bits per heavy atom. The van der Waals surface area contributed by atoms with Crippen LogP contribution in [0.4, 0.5) is 0 Å². The van der Waals surface area contributed by atoms with Crippen molar-refractivity contribution in [1.82, 2.24) is 4.57 Å². The van der Waals surface area contributed by atoms with Crippen LogP contribution < -0.4 is 5.56 Å². The van der Waals surface area contributed by atoms with E-state index < -0.39 is 17.3 Å². The van der Waals surface area contributed by atoms with E-state index in [-0.39, 0.29) is 23.2 Å². The van der Waals surface area contributed by atoms with E-state index in [9.17, 15) is 19.8 Å². The fourth-order valence-corrected chi connectivity index (χ4v) is 2.93. The van der Waals surface area contributed by atoms with Crippen molar-refractivity contribution in [2.45, 2.75) is 13.3 Å². The fraction of sp³-hybridized carbons (Fsp3) is 0.100. The number of carbonyl (C=O) groups is 1. The zero-order valence-electron chi connectivity index (χ0n) is 13.6.